The van der Waals surface area contributed by atoms with E-state index in [4.69, 9.17) is 0 Å². The van der Waals surface area contributed by atoms with Gasteiger partial charge in [0.25, 0.3) is 6.85 Å². The molecule has 0 amide bonds. The minimum Gasteiger partial charge on any atom is -0.318 e. The quantitative estimate of drug-likeness (QED) is 0.495. The second-order valence-corrected chi connectivity index (χ2v) is 5.62. The summed E-state index contributed by atoms with van der Waals surface area (Å²) in [5.74, 6) is 0. The molecule has 0 radical (unpaired) electrons. The lowest BCUT2D eigenvalue weighted by Crippen LogP contribution is -2.24. The van der Waals surface area contributed by atoms with E-state index in [2.05, 4.69) is 25.3 Å². The Morgan fingerprint density at radius 2 is 2.27 bits per heavy atom. The van der Waals surface area contributed by atoms with Gasteiger partial charge in [0, 0.05) is 12.4 Å². The highest BCUT2D eigenvalue weighted by Crippen LogP contribution is 2.24. The fourth-order valence-electron chi connectivity index (χ4n) is 1.15. The Hall–Kier alpha value is -0.295. The molecule has 1 aromatic rings. The molecular formula is C7H14BN2P. The van der Waals surface area contributed by atoms with Crippen LogP contribution in [0.25, 0.3) is 0 Å². The number of aromatic nitrogens is 2. The van der Waals surface area contributed by atoms with E-state index in [-0.39, 0.29) is 7.92 Å². The second kappa shape index (κ2) is 3.92. The van der Waals surface area contributed by atoms with Crippen LogP contribution in [0.15, 0.2) is 18.5 Å². The molecule has 0 aromatic carbocycles. The van der Waals surface area contributed by atoms with Crippen LogP contribution in [0.2, 0.25) is 6.82 Å². The summed E-state index contributed by atoms with van der Waals surface area (Å²) in [6.45, 7) is 7.38. The molecule has 0 N–H and O–H groups in total. The molecule has 2 nitrogen and oxygen atoms in total. The predicted octanol–water partition coefficient (Wildman–Crippen LogP) is 1.63. The number of rotatable bonds is 3. The van der Waals surface area contributed by atoms with Crippen LogP contribution < -0.4 is 0 Å². The first-order valence-corrected chi connectivity index (χ1v) is 6.26. The Bertz CT molecular complexity index is 198. The molecular weight excluding hydrogens is 154 g/mol. The van der Waals surface area contributed by atoms with Crippen LogP contribution >= 0.6 is 7.92 Å². The van der Waals surface area contributed by atoms with Crippen molar-refractivity contribution in [1.29, 1.82) is 0 Å². The maximum atomic E-state index is 4.20. The summed E-state index contributed by atoms with van der Waals surface area (Å²) >= 11 is 0. The zero-order chi connectivity index (χ0) is 8.27. The Morgan fingerprint density at radius 1 is 1.55 bits per heavy atom. The number of hydrogen-bond donors (Lipinski definition) is 0. The van der Waals surface area contributed by atoms with Crippen LogP contribution in [0.4, 0.5) is 0 Å². The Kier molecular flexibility index (Phi) is 3.13. The molecule has 0 fully saturated rings. The van der Waals surface area contributed by atoms with Crippen molar-refractivity contribution in [2.24, 2.45) is 0 Å². The molecule has 1 heterocycles. The predicted molar refractivity (Wildman–Crippen MR) is 52.9 cm³/mol. The van der Waals surface area contributed by atoms with E-state index >= 15 is 0 Å². The summed E-state index contributed by atoms with van der Waals surface area (Å²) in [6, 6.07) is 3.24. The lowest BCUT2D eigenvalue weighted by Gasteiger charge is -2.10. The third-order valence-electron chi connectivity index (χ3n) is 1.61. The van der Waals surface area contributed by atoms with E-state index in [0.29, 0.717) is 6.85 Å². The highest BCUT2D eigenvalue weighted by molar-refractivity contribution is 7.58. The monoisotopic (exact) mass is 168 g/mol. The van der Waals surface area contributed by atoms with E-state index in [1.165, 1.54) is 6.06 Å². The molecule has 0 aliphatic heterocycles. The number of nitrogens with zero attached hydrogens (tertiary/aromatic N) is 2. The first-order valence-electron chi connectivity index (χ1n) is 3.84. The van der Waals surface area contributed by atoms with Crippen LogP contribution in [0, 0.1) is 0 Å². The second-order valence-electron chi connectivity index (χ2n) is 3.10. The molecule has 0 aliphatic carbocycles. The average Bonchev–Trinajstić information content (AvgIpc) is 2.35. The van der Waals surface area contributed by atoms with Gasteiger partial charge in [-0.25, -0.2) is 0 Å². The fraction of sp³-hybridized carbons (Fsp3) is 0.571. The topological polar surface area (TPSA) is 17.8 Å². The van der Waals surface area contributed by atoms with Crippen LogP contribution in [0.1, 0.15) is 0 Å². The molecule has 0 unspecified atom stereocenters. The van der Waals surface area contributed by atoms with Gasteiger partial charge in [-0.1, -0.05) is 6.82 Å². The van der Waals surface area contributed by atoms with E-state index in [9.17, 15) is 0 Å². The third kappa shape index (κ3) is 2.66. The van der Waals surface area contributed by atoms with Gasteiger partial charge in [0.15, 0.2) is 0 Å². The van der Waals surface area contributed by atoms with Crippen molar-refractivity contribution in [3.05, 3.63) is 18.5 Å². The van der Waals surface area contributed by atoms with Crippen molar-refractivity contribution in [2.45, 2.75) is 6.82 Å². The zero-order valence-corrected chi connectivity index (χ0v) is 8.25. The van der Waals surface area contributed by atoms with Gasteiger partial charge in [-0.15, -0.1) is 7.92 Å². The van der Waals surface area contributed by atoms with Crippen molar-refractivity contribution in [2.75, 3.05) is 19.4 Å². The normalized spacial score (nSPS) is 10.5. The van der Waals surface area contributed by atoms with Crippen LogP contribution in [-0.4, -0.2) is 35.9 Å². The van der Waals surface area contributed by atoms with Gasteiger partial charge in [-0.05, 0) is 25.5 Å². The van der Waals surface area contributed by atoms with E-state index in [1.54, 1.807) is 0 Å². The highest BCUT2D eigenvalue weighted by Gasteiger charge is 2.11. The van der Waals surface area contributed by atoms with E-state index in [0.717, 1.165) is 0 Å². The molecule has 11 heavy (non-hydrogen) atoms. The lowest BCUT2D eigenvalue weighted by atomic mass is 9.68. The largest absolute Gasteiger partial charge is 0.318 e. The molecule has 0 spiro atoms. The van der Waals surface area contributed by atoms with Gasteiger partial charge in [-0.3, -0.25) is 0 Å². The summed E-state index contributed by atoms with van der Waals surface area (Å²) in [6.07, 6.45) is 3.87. The van der Waals surface area contributed by atoms with Gasteiger partial charge < -0.3 is 4.59 Å². The summed E-state index contributed by atoms with van der Waals surface area (Å²) in [4.78, 5) is 0. The van der Waals surface area contributed by atoms with Crippen molar-refractivity contribution >= 4 is 14.8 Å². The smallest absolute Gasteiger partial charge is 0.284 e. The van der Waals surface area contributed by atoms with Crippen molar-refractivity contribution < 1.29 is 0 Å². The zero-order valence-electron chi connectivity index (χ0n) is 7.36. The van der Waals surface area contributed by atoms with Crippen LogP contribution in [0.5, 0.6) is 0 Å². The van der Waals surface area contributed by atoms with Gasteiger partial charge >= 0.3 is 0 Å². The summed E-state index contributed by atoms with van der Waals surface area (Å²) in [7, 11) is 0.195. The van der Waals surface area contributed by atoms with Crippen molar-refractivity contribution in [1.82, 2.24) is 9.69 Å². The fourth-order valence-corrected chi connectivity index (χ4v) is 2.38. The summed E-state index contributed by atoms with van der Waals surface area (Å²) in [5, 5.41) is 4.20. The molecule has 0 saturated heterocycles. The minimum absolute atomic E-state index is 0.195. The highest BCUT2D eigenvalue weighted by atomic mass is 31.1. The summed E-state index contributed by atoms with van der Waals surface area (Å²) in [5.41, 5.74) is 0. The number of hydrogen-bond acceptors (Lipinski definition) is 1. The molecule has 60 valence electrons. The molecule has 0 saturated carbocycles. The van der Waals surface area contributed by atoms with Crippen molar-refractivity contribution in [3.8, 4) is 0 Å². The molecule has 0 bridgehead atoms. The maximum Gasteiger partial charge on any atom is 0.284 e. The lowest BCUT2D eigenvalue weighted by molar-refractivity contribution is 0.956. The van der Waals surface area contributed by atoms with E-state index < -0.39 is 0 Å². The maximum absolute atomic E-state index is 4.20. The minimum atomic E-state index is 0.195. The molecule has 1 rings (SSSR count). The molecule has 0 atom stereocenters. The van der Waals surface area contributed by atoms with Gasteiger partial charge in [0.1, 0.15) is 0 Å². The standard InChI is InChI=1S/C7H14BN2P/c1-8(7-11(2)3)10-6-4-5-9-10/h4-6H,7H2,1-3H3. The Balaban J connectivity index is 2.49. The van der Waals surface area contributed by atoms with Gasteiger partial charge in [0.05, 0.1) is 0 Å². The average molecular weight is 168 g/mol. The molecule has 4 heteroatoms. The molecule has 1 aromatic heterocycles. The van der Waals surface area contributed by atoms with Crippen LogP contribution in [-0.2, 0) is 0 Å². The summed E-state index contributed by atoms with van der Waals surface area (Å²) < 4.78 is 2.03. The third-order valence-corrected chi connectivity index (χ3v) is 2.86. The SMILES string of the molecule is CB(CP(C)C)n1cccn1. The van der Waals surface area contributed by atoms with Crippen molar-refractivity contribution in [3.63, 3.8) is 0 Å². The van der Waals surface area contributed by atoms with Crippen LogP contribution in [0.3, 0.4) is 0 Å². The Morgan fingerprint density at radius 3 is 2.73 bits per heavy atom. The van der Waals surface area contributed by atoms with Gasteiger partial charge in [-0.2, -0.15) is 5.10 Å². The van der Waals surface area contributed by atoms with E-state index in [1.807, 2.05) is 23.1 Å². The Labute approximate surface area is 69.8 Å². The molecule has 0 aliphatic rings. The first kappa shape index (κ1) is 8.80. The first-order chi connectivity index (χ1) is 5.20. The van der Waals surface area contributed by atoms with Gasteiger partial charge in [0.2, 0.25) is 0 Å².